The highest BCUT2D eigenvalue weighted by Crippen LogP contribution is 2.31. The summed E-state index contributed by atoms with van der Waals surface area (Å²) in [5, 5.41) is 11.1. The van der Waals surface area contributed by atoms with Gasteiger partial charge in [-0.15, -0.1) is 0 Å². The average Bonchev–Trinajstić information content (AvgIpc) is 2.48. The molecule has 1 aliphatic heterocycles. The molecule has 7 nitrogen and oxygen atoms in total. The van der Waals surface area contributed by atoms with Gasteiger partial charge in [0.1, 0.15) is 11.4 Å². The van der Waals surface area contributed by atoms with Gasteiger partial charge in [-0.1, -0.05) is 6.92 Å². The van der Waals surface area contributed by atoms with Gasteiger partial charge in [-0.2, -0.15) is 0 Å². The van der Waals surface area contributed by atoms with Crippen molar-refractivity contribution in [3.8, 4) is 0 Å². The van der Waals surface area contributed by atoms with Gasteiger partial charge in [0.05, 0.1) is 10.8 Å². The minimum atomic E-state index is -0.555. The fraction of sp³-hybridized carbons (Fsp3) is 0.722. The van der Waals surface area contributed by atoms with E-state index in [2.05, 4.69) is 4.90 Å². The first-order valence-corrected chi connectivity index (χ1v) is 8.93. The molecule has 0 aromatic carbocycles. The maximum absolute atomic E-state index is 13.8. The zero-order valence-corrected chi connectivity index (χ0v) is 16.1. The van der Waals surface area contributed by atoms with E-state index in [1.54, 1.807) is 11.8 Å². The smallest absolute Gasteiger partial charge is 0.410 e. The monoisotopic (exact) mass is 369 g/mol. The Labute approximate surface area is 153 Å². The SMILES string of the molecule is CC1C([N+](=O)[O-])=CC(F)=CC1CN1CCN(C(=O)OC(C)(C)C)[C@@H](C)C1. The van der Waals surface area contributed by atoms with E-state index in [0.29, 0.717) is 26.2 Å². The maximum Gasteiger partial charge on any atom is 0.410 e. The molecule has 0 spiro atoms. The molecule has 146 valence electrons. The highest BCUT2D eigenvalue weighted by molar-refractivity contribution is 5.68. The summed E-state index contributed by atoms with van der Waals surface area (Å²) in [6.07, 6.45) is 2.13. The number of halogens is 1. The lowest BCUT2D eigenvalue weighted by Crippen LogP contribution is -2.55. The highest BCUT2D eigenvalue weighted by Gasteiger charge is 2.35. The Hall–Kier alpha value is -1.96. The number of ether oxygens (including phenoxy) is 1. The lowest BCUT2D eigenvalue weighted by molar-refractivity contribution is -0.435. The lowest BCUT2D eigenvalue weighted by atomic mass is 9.86. The number of carbonyl (C=O) groups is 1. The van der Waals surface area contributed by atoms with E-state index in [0.717, 1.165) is 6.08 Å². The van der Waals surface area contributed by atoms with E-state index >= 15 is 0 Å². The highest BCUT2D eigenvalue weighted by atomic mass is 19.1. The summed E-state index contributed by atoms with van der Waals surface area (Å²) < 4.78 is 19.2. The van der Waals surface area contributed by atoms with E-state index < -0.39 is 16.4 Å². The van der Waals surface area contributed by atoms with Gasteiger partial charge < -0.3 is 9.64 Å². The third-order valence-electron chi connectivity index (χ3n) is 4.79. The number of carbonyl (C=O) groups excluding carboxylic acids is 1. The number of hydrogen-bond acceptors (Lipinski definition) is 5. The molecule has 1 saturated heterocycles. The Morgan fingerprint density at radius 3 is 2.58 bits per heavy atom. The summed E-state index contributed by atoms with van der Waals surface area (Å²) in [7, 11) is 0. The fourth-order valence-corrected chi connectivity index (χ4v) is 3.41. The zero-order valence-electron chi connectivity index (χ0n) is 16.1. The number of nitro groups is 1. The zero-order chi connectivity index (χ0) is 19.6. The number of hydrogen-bond donors (Lipinski definition) is 0. The van der Waals surface area contributed by atoms with E-state index in [4.69, 9.17) is 4.74 Å². The molecule has 0 radical (unpaired) electrons. The molecule has 8 heteroatoms. The summed E-state index contributed by atoms with van der Waals surface area (Å²) in [5.74, 6) is -1.18. The van der Waals surface area contributed by atoms with Crippen LogP contribution in [0.1, 0.15) is 34.6 Å². The standard InChI is InChI=1S/C18H28FN3O4/c1-12-10-20(6-7-21(12)17(23)26-18(3,4)5)11-14-8-15(19)9-16(13(14)2)22(24)25/h8-9,12-14H,6-7,10-11H2,1-5H3/t12-,13?,14?/m0/s1. The normalized spacial score (nSPS) is 27.6. The Morgan fingerprint density at radius 2 is 2.04 bits per heavy atom. The Bertz CT molecular complexity index is 626. The van der Waals surface area contributed by atoms with Crippen LogP contribution in [-0.2, 0) is 4.74 Å². The van der Waals surface area contributed by atoms with Crippen LogP contribution in [0.5, 0.6) is 0 Å². The largest absolute Gasteiger partial charge is 0.444 e. The minimum absolute atomic E-state index is 0.0446. The fourth-order valence-electron chi connectivity index (χ4n) is 3.41. The minimum Gasteiger partial charge on any atom is -0.444 e. The quantitative estimate of drug-likeness (QED) is 0.564. The molecule has 0 aromatic heterocycles. The second-order valence-electron chi connectivity index (χ2n) is 8.11. The maximum atomic E-state index is 13.8. The van der Waals surface area contributed by atoms with E-state index in [1.807, 2.05) is 27.7 Å². The number of amides is 1. The van der Waals surface area contributed by atoms with E-state index in [9.17, 15) is 19.3 Å². The van der Waals surface area contributed by atoms with Crippen LogP contribution in [0.2, 0.25) is 0 Å². The van der Waals surface area contributed by atoms with Gasteiger partial charge in [-0.3, -0.25) is 15.0 Å². The number of nitrogens with zero attached hydrogens (tertiary/aromatic N) is 3. The van der Waals surface area contributed by atoms with Crippen LogP contribution in [0.3, 0.4) is 0 Å². The molecule has 1 heterocycles. The Morgan fingerprint density at radius 1 is 1.38 bits per heavy atom. The van der Waals surface area contributed by atoms with Crippen molar-refractivity contribution in [2.24, 2.45) is 11.8 Å². The second kappa shape index (κ2) is 7.73. The van der Waals surface area contributed by atoms with E-state index in [-0.39, 0.29) is 29.7 Å². The van der Waals surface area contributed by atoms with Crippen molar-refractivity contribution in [3.05, 3.63) is 33.8 Å². The van der Waals surface area contributed by atoms with Gasteiger partial charge in [0.15, 0.2) is 0 Å². The van der Waals surface area contributed by atoms with Crippen molar-refractivity contribution in [2.75, 3.05) is 26.2 Å². The molecule has 2 aliphatic rings. The van der Waals surface area contributed by atoms with Crippen molar-refractivity contribution >= 4 is 6.09 Å². The Kier molecular flexibility index (Phi) is 6.05. The summed E-state index contributed by atoms with van der Waals surface area (Å²) in [6.45, 7) is 11.5. The van der Waals surface area contributed by atoms with E-state index in [1.165, 1.54) is 6.08 Å². The van der Waals surface area contributed by atoms with Crippen molar-refractivity contribution in [2.45, 2.75) is 46.3 Å². The second-order valence-corrected chi connectivity index (χ2v) is 8.11. The Balaban J connectivity index is 1.96. The molecule has 0 bridgehead atoms. The molecule has 0 saturated carbocycles. The predicted octanol–water partition coefficient (Wildman–Crippen LogP) is 3.21. The summed E-state index contributed by atoms with van der Waals surface area (Å²) in [5.41, 5.74) is -0.630. The molecular weight excluding hydrogens is 341 g/mol. The molecule has 1 amide bonds. The first-order chi connectivity index (χ1) is 12.0. The van der Waals surface area contributed by atoms with Crippen LogP contribution in [0.25, 0.3) is 0 Å². The van der Waals surface area contributed by atoms with Crippen LogP contribution in [-0.4, -0.2) is 58.6 Å². The molecular formula is C18H28FN3O4. The summed E-state index contributed by atoms with van der Waals surface area (Å²) in [4.78, 5) is 26.7. The lowest BCUT2D eigenvalue weighted by Gasteiger charge is -2.41. The number of piperazine rings is 1. The van der Waals surface area contributed by atoms with Gasteiger partial charge in [0.2, 0.25) is 0 Å². The molecule has 3 atom stereocenters. The number of rotatable bonds is 3. The van der Waals surface area contributed by atoms with Gasteiger partial charge >= 0.3 is 6.09 Å². The van der Waals surface area contributed by atoms with Crippen LogP contribution in [0.15, 0.2) is 23.7 Å². The van der Waals surface area contributed by atoms with Crippen LogP contribution in [0.4, 0.5) is 9.18 Å². The first-order valence-electron chi connectivity index (χ1n) is 8.93. The molecule has 2 unspecified atom stereocenters. The van der Waals surface area contributed by atoms with Gasteiger partial charge in [-0.05, 0) is 33.8 Å². The predicted molar refractivity (Wildman–Crippen MR) is 95.8 cm³/mol. The molecule has 0 N–H and O–H groups in total. The van der Waals surface area contributed by atoms with Crippen LogP contribution in [0, 0.1) is 22.0 Å². The first kappa shape index (κ1) is 20.4. The van der Waals surface area contributed by atoms with Crippen molar-refractivity contribution in [1.82, 2.24) is 9.80 Å². The topological polar surface area (TPSA) is 75.9 Å². The third kappa shape index (κ3) is 5.03. The van der Waals surface area contributed by atoms with Gasteiger partial charge in [0, 0.05) is 44.2 Å². The average molecular weight is 369 g/mol. The summed E-state index contributed by atoms with van der Waals surface area (Å²) >= 11 is 0. The molecule has 2 rings (SSSR count). The van der Waals surface area contributed by atoms with Gasteiger partial charge in [-0.25, -0.2) is 9.18 Å². The molecule has 0 aromatic rings. The van der Waals surface area contributed by atoms with Crippen molar-refractivity contribution in [3.63, 3.8) is 0 Å². The van der Waals surface area contributed by atoms with Crippen LogP contribution >= 0.6 is 0 Å². The van der Waals surface area contributed by atoms with Crippen molar-refractivity contribution in [1.29, 1.82) is 0 Å². The van der Waals surface area contributed by atoms with Crippen LogP contribution < -0.4 is 0 Å². The molecule has 1 aliphatic carbocycles. The molecule has 26 heavy (non-hydrogen) atoms. The van der Waals surface area contributed by atoms with Crippen molar-refractivity contribution < 1.29 is 18.8 Å². The third-order valence-corrected chi connectivity index (χ3v) is 4.79. The molecule has 1 fully saturated rings. The van der Waals surface area contributed by atoms with Gasteiger partial charge in [0.25, 0.3) is 5.70 Å². The summed E-state index contributed by atoms with van der Waals surface area (Å²) in [6, 6.07) is -0.0446. The number of allylic oxidation sites excluding steroid dienone is 3.